The van der Waals surface area contributed by atoms with E-state index in [1.54, 1.807) is 37.9 Å². The SMILES string of the molecule is CNc1cnccc1C(=O)NCCCc1ncc[nH]1. The Morgan fingerprint density at radius 1 is 1.42 bits per heavy atom. The van der Waals surface area contributed by atoms with Gasteiger partial charge in [-0.05, 0) is 12.5 Å². The molecule has 0 aliphatic heterocycles. The van der Waals surface area contributed by atoms with Gasteiger partial charge in [0.15, 0.2) is 0 Å². The van der Waals surface area contributed by atoms with E-state index >= 15 is 0 Å². The molecule has 2 rings (SSSR count). The van der Waals surface area contributed by atoms with E-state index in [-0.39, 0.29) is 5.91 Å². The highest BCUT2D eigenvalue weighted by molar-refractivity contribution is 5.99. The Morgan fingerprint density at radius 3 is 3.05 bits per heavy atom. The second-order valence-electron chi connectivity index (χ2n) is 4.07. The summed E-state index contributed by atoms with van der Waals surface area (Å²) in [6, 6.07) is 1.70. The van der Waals surface area contributed by atoms with Gasteiger partial charge in [-0.2, -0.15) is 0 Å². The molecule has 0 aliphatic rings. The van der Waals surface area contributed by atoms with Gasteiger partial charge in [0.2, 0.25) is 0 Å². The second kappa shape index (κ2) is 6.53. The Kier molecular flexibility index (Phi) is 4.49. The molecule has 0 radical (unpaired) electrons. The molecule has 0 fully saturated rings. The Morgan fingerprint density at radius 2 is 2.32 bits per heavy atom. The molecule has 0 bridgehead atoms. The number of anilines is 1. The molecule has 3 N–H and O–H groups in total. The third-order valence-corrected chi connectivity index (χ3v) is 2.77. The normalized spacial score (nSPS) is 10.2. The molecule has 0 aromatic carbocycles. The number of nitrogens with one attached hydrogen (secondary N) is 3. The van der Waals surface area contributed by atoms with E-state index < -0.39 is 0 Å². The van der Waals surface area contributed by atoms with Gasteiger partial charge in [-0.15, -0.1) is 0 Å². The first kappa shape index (κ1) is 13.1. The van der Waals surface area contributed by atoms with Crippen LogP contribution < -0.4 is 10.6 Å². The number of amides is 1. The van der Waals surface area contributed by atoms with Crippen LogP contribution >= 0.6 is 0 Å². The number of carbonyl (C=O) groups excluding carboxylic acids is 1. The van der Waals surface area contributed by atoms with Crippen LogP contribution in [0.2, 0.25) is 0 Å². The number of H-pyrrole nitrogens is 1. The lowest BCUT2D eigenvalue weighted by Gasteiger charge is -2.08. The van der Waals surface area contributed by atoms with Crippen LogP contribution in [0.15, 0.2) is 30.9 Å². The van der Waals surface area contributed by atoms with E-state index in [9.17, 15) is 4.79 Å². The van der Waals surface area contributed by atoms with Crippen LogP contribution in [0.5, 0.6) is 0 Å². The van der Waals surface area contributed by atoms with Crippen molar-refractivity contribution in [1.29, 1.82) is 0 Å². The number of hydrogen-bond acceptors (Lipinski definition) is 4. The minimum atomic E-state index is -0.0915. The van der Waals surface area contributed by atoms with Crippen LogP contribution in [-0.2, 0) is 6.42 Å². The zero-order valence-electron chi connectivity index (χ0n) is 10.8. The number of pyridine rings is 1. The zero-order chi connectivity index (χ0) is 13.5. The predicted octanol–water partition coefficient (Wildman–Crippen LogP) is 1.21. The monoisotopic (exact) mass is 259 g/mol. The summed E-state index contributed by atoms with van der Waals surface area (Å²) >= 11 is 0. The molecule has 0 unspecified atom stereocenters. The summed E-state index contributed by atoms with van der Waals surface area (Å²) < 4.78 is 0. The third-order valence-electron chi connectivity index (χ3n) is 2.77. The van der Waals surface area contributed by atoms with Crippen LogP contribution in [0, 0.1) is 0 Å². The Hall–Kier alpha value is -2.37. The molecule has 2 heterocycles. The first-order valence-corrected chi connectivity index (χ1v) is 6.19. The standard InChI is InChI=1S/C13H17N5O/c1-14-11-9-15-6-4-10(11)13(19)18-5-2-3-12-16-7-8-17-12/h4,6-9,14H,2-3,5H2,1H3,(H,16,17)(H,18,19). The molecule has 2 aromatic rings. The number of aromatic nitrogens is 3. The zero-order valence-corrected chi connectivity index (χ0v) is 10.8. The van der Waals surface area contributed by atoms with Gasteiger partial charge in [-0.3, -0.25) is 9.78 Å². The largest absolute Gasteiger partial charge is 0.386 e. The topological polar surface area (TPSA) is 82.7 Å². The summed E-state index contributed by atoms with van der Waals surface area (Å²) in [6.45, 7) is 0.616. The molecule has 6 nitrogen and oxygen atoms in total. The Bertz CT molecular complexity index is 524. The summed E-state index contributed by atoms with van der Waals surface area (Å²) in [5.74, 6) is 0.847. The lowest BCUT2D eigenvalue weighted by Crippen LogP contribution is -2.25. The molecular formula is C13H17N5O. The van der Waals surface area contributed by atoms with Crippen molar-refractivity contribution in [2.45, 2.75) is 12.8 Å². The maximum absolute atomic E-state index is 12.0. The third kappa shape index (κ3) is 3.54. The highest BCUT2D eigenvalue weighted by Crippen LogP contribution is 2.11. The fraction of sp³-hybridized carbons (Fsp3) is 0.308. The Balaban J connectivity index is 1.81. The van der Waals surface area contributed by atoms with Crippen molar-refractivity contribution in [2.24, 2.45) is 0 Å². The van der Waals surface area contributed by atoms with Gasteiger partial charge in [0, 0.05) is 38.6 Å². The van der Waals surface area contributed by atoms with E-state index in [1.807, 2.05) is 0 Å². The van der Waals surface area contributed by atoms with E-state index in [4.69, 9.17) is 0 Å². The highest BCUT2D eigenvalue weighted by Gasteiger charge is 2.09. The number of imidazole rings is 1. The number of carbonyl (C=O) groups is 1. The van der Waals surface area contributed by atoms with Crippen molar-refractivity contribution in [3.8, 4) is 0 Å². The van der Waals surface area contributed by atoms with Crippen molar-refractivity contribution in [1.82, 2.24) is 20.3 Å². The van der Waals surface area contributed by atoms with Crippen molar-refractivity contribution < 1.29 is 4.79 Å². The first-order valence-electron chi connectivity index (χ1n) is 6.19. The van der Waals surface area contributed by atoms with Gasteiger partial charge in [0.25, 0.3) is 5.91 Å². The molecule has 100 valence electrons. The maximum atomic E-state index is 12.0. The molecule has 0 atom stereocenters. The van der Waals surface area contributed by atoms with Crippen molar-refractivity contribution in [3.05, 3.63) is 42.2 Å². The number of aromatic amines is 1. The molecular weight excluding hydrogens is 242 g/mol. The Labute approximate surface area is 111 Å². The smallest absolute Gasteiger partial charge is 0.253 e. The average Bonchev–Trinajstić information content (AvgIpc) is 2.96. The average molecular weight is 259 g/mol. The highest BCUT2D eigenvalue weighted by atomic mass is 16.1. The number of rotatable bonds is 6. The van der Waals surface area contributed by atoms with Crippen molar-refractivity contribution >= 4 is 11.6 Å². The van der Waals surface area contributed by atoms with Crippen LogP contribution in [0.1, 0.15) is 22.6 Å². The van der Waals surface area contributed by atoms with Gasteiger partial charge < -0.3 is 15.6 Å². The van der Waals surface area contributed by atoms with Gasteiger partial charge >= 0.3 is 0 Å². The maximum Gasteiger partial charge on any atom is 0.253 e. The van der Waals surface area contributed by atoms with Crippen LogP contribution in [0.4, 0.5) is 5.69 Å². The molecule has 19 heavy (non-hydrogen) atoms. The summed E-state index contributed by atoms with van der Waals surface area (Å²) in [7, 11) is 1.77. The first-order chi connectivity index (χ1) is 9.31. The summed E-state index contributed by atoms with van der Waals surface area (Å²) in [6.07, 6.45) is 8.44. The van der Waals surface area contributed by atoms with Crippen LogP contribution in [0.25, 0.3) is 0 Å². The van der Waals surface area contributed by atoms with Gasteiger partial charge in [0.1, 0.15) is 5.82 Å². The molecule has 1 amide bonds. The van der Waals surface area contributed by atoms with E-state index in [1.165, 1.54) is 0 Å². The minimum absolute atomic E-state index is 0.0915. The number of hydrogen-bond donors (Lipinski definition) is 3. The molecule has 0 spiro atoms. The minimum Gasteiger partial charge on any atom is -0.386 e. The predicted molar refractivity (Wildman–Crippen MR) is 73.0 cm³/mol. The van der Waals surface area contributed by atoms with Gasteiger partial charge in [0.05, 0.1) is 17.4 Å². The quantitative estimate of drug-likeness (QED) is 0.681. The van der Waals surface area contributed by atoms with Crippen LogP contribution in [-0.4, -0.2) is 34.5 Å². The molecule has 6 heteroatoms. The number of aryl methyl sites for hydroxylation is 1. The van der Waals surface area contributed by atoms with Crippen LogP contribution in [0.3, 0.4) is 0 Å². The molecule has 0 saturated heterocycles. The lowest BCUT2D eigenvalue weighted by atomic mass is 10.2. The summed E-state index contributed by atoms with van der Waals surface area (Å²) in [5, 5.41) is 5.84. The summed E-state index contributed by atoms with van der Waals surface area (Å²) in [4.78, 5) is 23.1. The molecule has 0 saturated carbocycles. The number of nitrogens with zero attached hydrogens (tertiary/aromatic N) is 2. The fourth-order valence-electron chi connectivity index (χ4n) is 1.78. The van der Waals surface area contributed by atoms with Crippen molar-refractivity contribution in [2.75, 3.05) is 18.9 Å². The van der Waals surface area contributed by atoms with E-state index in [2.05, 4.69) is 25.6 Å². The summed E-state index contributed by atoms with van der Waals surface area (Å²) in [5.41, 5.74) is 1.33. The van der Waals surface area contributed by atoms with E-state index in [0.717, 1.165) is 24.4 Å². The second-order valence-corrected chi connectivity index (χ2v) is 4.07. The fourth-order valence-corrected chi connectivity index (χ4v) is 1.78. The van der Waals surface area contributed by atoms with Gasteiger partial charge in [-0.1, -0.05) is 0 Å². The van der Waals surface area contributed by atoms with E-state index in [0.29, 0.717) is 12.1 Å². The molecule has 2 aromatic heterocycles. The molecule has 0 aliphatic carbocycles. The van der Waals surface area contributed by atoms with Gasteiger partial charge in [-0.25, -0.2) is 4.98 Å². The van der Waals surface area contributed by atoms with Crippen molar-refractivity contribution in [3.63, 3.8) is 0 Å². The lowest BCUT2D eigenvalue weighted by molar-refractivity contribution is 0.0954.